The zero-order valence-electron chi connectivity index (χ0n) is 8.53. The van der Waals surface area contributed by atoms with E-state index in [2.05, 4.69) is 0 Å². The molecule has 0 saturated heterocycles. The number of carbonyl (C=O) groups excluding carboxylic acids is 1. The fourth-order valence-electron chi connectivity index (χ4n) is 1.94. The van der Waals surface area contributed by atoms with Crippen LogP contribution in [0, 0.1) is 5.92 Å². The molecule has 0 spiro atoms. The number of amides is 1. The summed E-state index contributed by atoms with van der Waals surface area (Å²) in [5.74, 6) is -1.47. The van der Waals surface area contributed by atoms with Gasteiger partial charge in [-0.2, -0.15) is 0 Å². The van der Waals surface area contributed by atoms with Crippen LogP contribution in [0.2, 0.25) is 0 Å². The first kappa shape index (κ1) is 11.0. The van der Waals surface area contributed by atoms with Gasteiger partial charge in [-0.05, 0) is 12.3 Å². The molecule has 0 atom stereocenters. The molecule has 1 N–H and O–H groups in total. The van der Waals surface area contributed by atoms with Crippen molar-refractivity contribution in [3.05, 3.63) is 0 Å². The molecule has 1 amide bonds. The average Bonchev–Trinajstić information content (AvgIpc) is 2.65. The Bertz CT molecular complexity index is 221. The van der Waals surface area contributed by atoms with Crippen LogP contribution in [0.3, 0.4) is 0 Å². The molecule has 1 fully saturated rings. The minimum Gasteiger partial charge on any atom is -0.474 e. The van der Waals surface area contributed by atoms with Crippen molar-refractivity contribution in [3.63, 3.8) is 0 Å². The van der Waals surface area contributed by atoms with Crippen LogP contribution in [-0.4, -0.2) is 35.5 Å². The summed E-state index contributed by atoms with van der Waals surface area (Å²) in [6.07, 6.45) is 5.96. The van der Waals surface area contributed by atoms with E-state index in [9.17, 15) is 9.59 Å². The molecule has 14 heavy (non-hydrogen) atoms. The van der Waals surface area contributed by atoms with Crippen LogP contribution in [0.25, 0.3) is 0 Å². The van der Waals surface area contributed by atoms with Crippen LogP contribution in [-0.2, 0) is 9.59 Å². The van der Waals surface area contributed by atoms with E-state index in [1.165, 1.54) is 30.6 Å². The van der Waals surface area contributed by atoms with Gasteiger partial charge in [0.05, 0.1) is 0 Å². The Labute approximate surface area is 83.9 Å². The standard InChI is InChI=1S/C10H17NO3/c1-11(9(12)10(13)14)7-6-8-4-2-3-5-8/h8H,2-7H2,1H3,(H,13,14). The number of rotatable bonds is 3. The largest absolute Gasteiger partial charge is 0.474 e. The molecule has 1 aliphatic carbocycles. The van der Waals surface area contributed by atoms with Gasteiger partial charge in [-0.15, -0.1) is 0 Å². The molecule has 1 aliphatic rings. The Morgan fingerprint density at radius 1 is 1.36 bits per heavy atom. The van der Waals surface area contributed by atoms with Crippen molar-refractivity contribution < 1.29 is 14.7 Å². The van der Waals surface area contributed by atoms with Crippen LogP contribution in [0.1, 0.15) is 32.1 Å². The molecule has 0 radical (unpaired) electrons. The number of carboxylic acids is 1. The van der Waals surface area contributed by atoms with Crippen LogP contribution in [0.15, 0.2) is 0 Å². The maximum absolute atomic E-state index is 11.0. The molecule has 0 bridgehead atoms. The van der Waals surface area contributed by atoms with Gasteiger partial charge < -0.3 is 10.0 Å². The van der Waals surface area contributed by atoms with Crippen LogP contribution in [0.5, 0.6) is 0 Å². The average molecular weight is 199 g/mol. The monoisotopic (exact) mass is 199 g/mol. The van der Waals surface area contributed by atoms with Crippen LogP contribution >= 0.6 is 0 Å². The smallest absolute Gasteiger partial charge is 0.394 e. The molecule has 4 nitrogen and oxygen atoms in total. The van der Waals surface area contributed by atoms with E-state index in [1.54, 1.807) is 7.05 Å². The molecule has 0 heterocycles. The van der Waals surface area contributed by atoms with Crippen molar-refractivity contribution in [2.24, 2.45) is 5.92 Å². The van der Waals surface area contributed by atoms with Gasteiger partial charge in [-0.3, -0.25) is 4.79 Å². The molecule has 4 heteroatoms. The summed E-state index contributed by atoms with van der Waals surface area (Å²) in [6.45, 7) is 0.565. The lowest BCUT2D eigenvalue weighted by molar-refractivity contribution is -0.155. The maximum atomic E-state index is 11.0. The van der Waals surface area contributed by atoms with Crippen molar-refractivity contribution in [3.8, 4) is 0 Å². The van der Waals surface area contributed by atoms with E-state index in [0.717, 1.165) is 6.42 Å². The molecule has 0 aromatic heterocycles. The highest BCUT2D eigenvalue weighted by molar-refractivity contribution is 6.31. The third kappa shape index (κ3) is 3.01. The first-order valence-electron chi connectivity index (χ1n) is 5.09. The molecule has 80 valence electrons. The van der Waals surface area contributed by atoms with Gasteiger partial charge in [0.2, 0.25) is 0 Å². The Hall–Kier alpha value is -1.06. The number of nitrogens with zero attached hydrogens (tertiary/aromatic N) is 1. The fourth-order valence-corrected chi connectivity index (χ4v) is 1.94. The van der Waals surface area contributed by atoms with E-state index in [1.807, 2.05) is 0 Å². The minimum atomic E-state index is -1.36. The van der Waals surface area contributed by atoms with Gasteiger partial charge in [0.15, 0.2) is 0 Å². The lowest BCUT2D eigenvalue weighted by atomic mass is 10.0. The second-order valence-electron chi connectivity index (χ2n) is 3.97. The van der Waals surface area contributed by atoms with Gasteiger partial charge in [0.25, 0.3) is 0 Å². The first-order chi connectivity index (χ1) is 6.61. The summed E-state index contributed by atoms with van der Waals surface area (Å²) < 4.78 is 0. The molecule has 0 aromatic rings. The molecule has 0 unspecified atom stereocenters. The van der Waals surface area contributed by atoms with Crippen molar-refractivity contribution in [1.82, 2.24) is 4.90 Å². The quantitative estimate of drug-likeness (QED) is 0.693. The number of carbonyl (C=O) groups is 2. The predicted molar refractivity (Wildman–Crippen MR) is 51.8 cm³/mol. The summed E-state index contributed by atoms with van der Waals surface area (Å²) in [4.78, 5) is 22.6. The van der Waals surface area contributed by atoms with Gasteiger partial charge in [-0.25, -0.2) is 4.79 Å². The van der Waals surface area contributed by atoms with E-state index in [4.69, 9.17) is 5.11 Å². The van der Waals surface area contributed by atoms with Gasteiger partial charge in [0, 0.05) is 13.6 Å². The molecule has 1 saturated carbocycles. The Balaban J connectivity index is 2.23. The molecular weight excluding hydrogens is 182 g/mol. The summed E-state index contributed by atoms with van der Waals surface area (Å²) in [5, 5.41) is 8.45. The molecule has 1 rings (SSSR count). The first-order valence-corrected chi connectivity index (χ1v) is 5.09. The van der Waals surface area contributed by atoms with Crippen molar-refractivity contribution >= 4 is 11.9 Å². The fraction of sp³-hybridized carbons (Fsp3) is 0.800. The van der Waals surface area contributed by atoms with Gasteiger partial charge in [0.1, 0.15) is 0 Å². The number of carboxylic acid groups (broad SMARTS) is 1. The lowest BCUT2D eigenvalue weighted by Gasteiger charge is -2.16. The highest BCUT2D eigenvalue weighted by atomic mass is 16.4. The number of aliphatic carboxylic acids is 1. The van der Waals surface area contributed by atoms with Crippen molar-refractivity contribution in [1.29, 1.82) is 0 Å². The Morgan fingerprint density at radius 3 is 2.43 bits per heavy atom. The second-order valence-corrected chi connectivity index (χ2v) is 3.97. The zero-order chi connectivity index (χ0) is 10.6. The summed E-state index contributed by atoms with van der Waals surface area (Å²) in [6, 6.07) is 0. The maximum Gasteiger partial charge on any atom is 0.394 e. The topological polar surface area (TPSA) is 57.6 Å². The Morgan fingerprint density at radius 2 is 1.93 bits per heavy atom. The van der Waals surface area contributed by atoms with Gasteiger partial charge >= 0.3 is 11.9 Å². The van der Waals surface area contributed by atoms with Crippen molar-refractivity contribution in [2.75, 3.05) is 13.6 Å². The van der Waals surface area contributed by atoms with E-state index < -0.39 is 11.9 Å². The van der Waals surface area contributed by atoms with Crippen LogP contribution in [0.4, 0.5) is 0 Å². The summed E-state index contributed by atoms with van der Waals surface area (Å²) in [7, 11) is 1.55. The highest BCUT2D eigenvalue weighted by Crippen LogP contribution is 2.27. The van der Waals surface area contributed by atoms with Crippen LogP contribution < -0.4 is 0 Å². The summed E-state index contributed by atoms with van der Waals surface area (Å²) in [5.41, 5.74) is 0. The number of hydrogen-bond acceptors (Lipinski definition) is 2. The normalized spacial score (nSPS) is 16.9. The molecule has 0 aliphatic heterocycles. The highest BCUT2D eigenvalue weighted by Gasteiger charge is 2.20. The lowest BCUT2D eigenvalue weighted by Crippen LogP contribution is -2.34. The summed E-state index contributed by atoms with van der Waals surface area (Å²) >= 11 is 0. The van der Waals surface area contributed by atoms with E-state index >= 15 is 0 Å². The predicted octanol–water partition coefficient (Wildman–Crippen LogP) is 1.11. The Kier molecular flexibility index (Phi) is 3.92. The second kappa shape index (κ2) is 4.98. The number of hydrogen-bond donors (Lipinski definition) is 1. The third-order valence-electron chi connectivity index (χ3n) is 2.88. The third-order valence-corrected chi connectivity index (χ3v) is 2.88. The van der Waals surface area contributed by atoms with Crippen molar-refractivity contribution in [2.45, 2.75) is 32.1 Å². The van der Waals surface area contributed by atoms with E-state index in [-0.39, 0.29) is 0 Å². The minimum absolute atomic E-state index is 0.565. The zero-order valence-corrected chi connectivity index (χ0v) is 8.53. The molecular formula is C10H17NO3. The van der Waals surface area contributed by atoms with Gasteiger partial charge in [-0.1, -0.05) is 25.7 Å². The van der Waals surface area contributed by atoms with E-state index in [0.29, 0.717) is 12.5 Å². The number of likely N-dealkylation sites (N-methyl/N-ethyl adjacent to an activating group) is 1. The molecule has 0 aromatic carbocycles. The SMILES string of the molecule is CN(CCC1CCCC1)C(=O)C(=O)O.